The van der Waals surface area contributed by atoms with E-state index < -0.39 is 0 Å². The summed E-state index contributed by atoms with van der Waals surface area (Å²) in [6.07, 6.45) is 2.90. The number of nitrogens with zero attached hydrogens (tertiary/aromatic N) is 3. The minimum atomic E-state index is 0.0402. The lowest BCUT2D eigenvalue weighted by molar-refractivity contribution is 0.316. The first-order valence-corrected chi connectivity index (χ1v) is 11.1. The van der Waals surface area contributed by atoms with Gasteiger partial charge in [-0.3, -0.25) is 4.98 Å². The topological polar surface area (TPSA) is 33.1 Å². The van der Waals surface area contributed by atoms with Gasteiger partial charge in [0.15, 0.2) is 5.11 Å². The van der Waals surface area contributed by atoms with E-state index in [1.54, 1.807) is 0 Å². The normalized spacial score (nSPS) is 18.7. The zero-order chi connectivity index (χ0) is 21.4. The molecule has 5 heteroatoms. The van der Waals surface area contributed by atoms with Crippen molar-refractivity contribution in [1.29, 1.82) is 0 Å². The van der Waals surface area contributed by atoms with Gasteiger partial charge < -0.3 is 14.8 Å². The van der Waals surface area contributed by atoms with Crippen molar-refractivity contribution in [3.63, 3.8) is 0 Å². The molecule has 2 atom stereocenters. The van der Waals surface area contributed by atoms with E-state index in [4.69, 9.17) is 12.2 Å². The maximum atomic E-state index is 5.75. The minimum Gasteiger partial charge on any atom is -0.352 e. The summed E-state index contributed by atoms with van der Waals surface area (Å²) in [5.41, 5.74) is 8.61. The van der Waals surface area contributed by atoms with Crippen LogP contribution in [0.1, 0.15) is 59.2 Å². The lowest BCUT2D eigenvalue weighted by Crippen LogP contribution is -2.30. The van der Waals surface area contributed by atoms with E-state index in [1.807, 2.05) is 18.3 Å². The third-order valence-corrected chi connectivity index (χ3v) is 6.27. The van der Waals surface area contributed by atoms with Crippen LogP contribution in [-0.4, -0.2) is 26.1 Å². The van der Waals surface area contributed by atoms with Crippen molar-refractivity contribution in [2.24, 2.45) is 0 Å². The van der Waals surface area contributed by atoms with Crippen LogP contribution < -0.4 is 5.32 Å². The van der Waals surface area contributed by atoms with E-state index in [9.17, 15) is 0 Å². The first-order chi connectivity index (χ1) is 14.4. The SMILES string of the molecule is CCCN1C(=S)N[C@H](c2ccccn2)[C@H]1c1cc(C)n(-c2cc(C)cc(C)c2)c1C. The van der Waals surface area contributed by atoms with Crippen LogP contribution in [0.4, 0.5) is 0 Å². The molecule has 0 saturated carbocycles. The summed E-state index contributed by atoms with van der Waals surface area (Å²) in [7, 11) is 0. The molecule has 0 aliphatic carbocycles. The molecule has 3 heterocycles. The van der Waals surface area contributed by atoms with Crippen LogP contribution in [-0.2, 0) is 0 Å². The average Bonchev–Trinajstić information content (AvgIpc) is 3.18. The predicted molar refractivity (Wildman–Crippen MR) is 127 cm³/mol. The van der Waals surface area contributed by atoms with Gasteiger partial charge in [0.25, 0.3) is 0 Å². The number of hydrogen-bond acceptors (Lipinski definition) is 2. The zero-order valence-electron chi connectivity index (χ0n) is 18.4. The third-order valence-electron chi connectivity index (χ3n) is 5.92. The summed E-state index contributed by atoms with van der Waals surface area (Å²) in [5.74, 6) is 0. The second kappa shape index (κ2) is 8.23. The van der Waals surface area contributed by atoms with Crippen LogP contribution in [0.15, 0.2) is 48.7 Å². The Morgan fingerprint density at radius 3 is 2.40 bits per heavy atom. The Balaban J connectivity index is 1.85. The molecule has 0 spiro atoms. The first kappa shape index (κ1) is 20.6. The van der Waals surface area contributed by atoms with E-state index >= 15 is 0 Å². The van der Waals surface area contributed by atoms with E-state index in [0.29, 0.717) is 0 Å². The van der Waals surface area contributed by atoms with Gasteiger partial charge in [-0.05, 0) is 93.4 Å². The lowest BCUT2D eigenvalue weighted by atomic mass is 9.96. The molecular weight excluding hydrogens is 388 g/mol. The van der Waals surface area contributed by atoms with Crippen molar-refractivity contribution in [2.75, 3.05) is 6.54 Å². The molecule has 2 aromatic heterocycles. The van der Waals surface area contributed by atoms with Crippen molar-refractivity contribution in [1.82, 2.24) is 19.8 Å². The van der Waals surface area contributed by atoms with Gasteiger partial charge in [0, 0.05) is 29.8 Å². The fourth-order valence-electron chi connectivity index (χ4n) is 4.79. The number of thiocarbonyl (C=S) groups is 1. The average molecular weight is 419 g/mol. The Labute approximate surface area is 184 Å². The zero-order valence-corrected chi connectivity index (χ0v) is 19.3. The number of rotatable bonds is 5. The molecule has 4 rings (SSSR count). The molecule has 1 saturated heterocycles. The third kappa shape index (κ3) is 3.63. The molecule has 0 amide bonds. The van der Waals surface area contributed by atoms with Gasteiger partial charge in [-0.2, -0.15) is 0 Å². The van der Waals surface area contributed by atoms with Crippen LogP contribution in [0.3, 0.4) is 0 Å². The van der Waals surface area contributed by atoms with E-state index in [2.05, 4.69) is 84.7 Å². The molecule has 1 aliphatic rings. The fraction of sp³-hybridized carbons (Fsp3) is 0.360. The summed E-state index contributed by atoms with van der Waals surface area (Å²) in [6, 6.07) is 15.3. The molecule has 0 radical (unpaired) electrons. The second-order valence-electron chi connectivity index (χ2n) is 8.33. The smallest absolute Gasteiger partial charge is 0.170 e. The highest BCUT2D eigenvalue weighted by molar-refractivity contribution is 7.80. The summed E-state index contributed by atoms with van der Waals surface area (Å²) in [4.78, 5) is 6.99. The lowest BCUT2D eigenvalue weighted by Gasteiger charge is -2.27. The molecule has 0 unspecified atom stereocenters. The second-order valence-corrected chi connectivity index (χ2v) is 8.71. The van der Waals surface area contributed by atoms with Gasteiger partial charge >= 0.3 is 0 Å². The molecule has 4 nitrogen and oxygen atoms in total. The maximum absolute atomic E-state index is 5.75. The number of aromatic nitrogens is 2. The maximum Gasteiger partial charge on any atom is 0.170 e. The largest absolute Gasteiger partial charge is 0.352 e. The van der Waals surface area contributed by atoms with Crippen molar-refractivity contribution in [3.05, 3.63) is 82.4 Å². The molecule has 156 valence electrons. The molecule has 3 aromatic rings. The number of aryl methyl sites for hydroxylation is 3. The molecular formula is C25H30N4S. The minimum absolute atomic E-state index is 0.0402. The Morgan fingerprint density at radius 1 is 1.03 bits per heavy atom. The monoisotopic (exact) mass is 418 g/mol. The Morgan fingerprint density at radius 2 is 1.77 bits per heavy atom. The summed E-state index contributed by atoms with van der Waals surface area (Å²) >= 11 is 5.75. The van der Waals surface area contributed by atoms with Gasteiger partial charge in [0.1, 0.15) is 0 Å². The van der Waals surface area contributed by atoms with Gasteiger partial charge in [-0.15, -0.1) is 0 Å². The molecule has 0 bridgehead atoms. The quantitative estimate of drug-likeness (QED) is 0.556. The van der Waals surface area contributed by atoms with Crippen LogP contribution in [0.5, 0.6) is 0 Å². The van der Waals surface area contributed by atoms with Gasteiger partial charge in [-0.25, -0.2) is 0 Å². The number of pyridine rings is 1. The summed E-state index contributed by atoms with van der Waals surface area (Å²) in [6.45, 7) is 11.9. The van der Waals surface area contributed by atoms with E-state index in [0.717, 1.165) is 23.8 Å². The predicted octanol–water partition coefficient (Wildman–Crippen LogP) is 5.49. The molecule has 1 aromatic carbocycles. The van der Waals surface area contributed by atoms with Crippen molar-refractivity contribution in [2.45, 2.75) is 53.1 Å². The Bertz CT molecular complexity index is 1050. The van der Waals surface area contributed by atoms with Crippen molar-refractivity contribution >= 4 is 17.3 Å². The van der Waals surface area contributed by atoms with Crippen molar-refractivity contribution in [3.8, 4) is 5.69 Å². The Hall–Kier alpha value is -2.66. The standard InChI is InChI=1S/C25H30N4S/c1-6-11-28-24(23(27-25(28)30)22-9-7-8-10-26-22)21-15-18(4)29(19(21)5)20-13-16(2)12-17(3)14-20/h7-10,12-15,23-24H,6,11H2,1-5H3,(H,27,30)/t23-,24-/m1/s1. The van der Waals surface area contributed by atoms with Gasteiger partial charge in [-0.1, -0.05) is 19.1 Å². The van der Waals surface area contributed by atoms with Crippen molar-refractivity contribution < 1.29 is 0 Å². The van der Waals surface area contributed by atoms with Crippen LogP contribution in [0.2, 0.25) is 0 Å². The summed E-state index contributed by atoms with van der Waals surface area (Å²) in [5, 5.41) is 4.37. The highest BCUT2D eigenvalue weighted by atomic mass is 32.1. The van der Waals surface area contributed by atoms with Crippen LogP contribution >= 0.6 is 12.2 Å². The highest BCUT2D eigenvalue weighted by Crippen LogP contribution is 2.41. The number of hydrogen-bond donors (Lipinski definition) is 1. The van der Waals surface area contributed by atoms with Crippen LogP contribution in [0, 0.1) is 27.7 Å². The van der Waals surface area contributed by atoms with Crippen LogP contribution in [0.25, 0.3) is 5.69 Å². The molecule has 30 heavy (non-hydrogen) atoms. The van der Waals surface area contributed by atoms with E-state index in [-0.39, 0.29) is 12.1 Å². The molecule has 1 N–H and O–H groups in total. The number of benzene rings is 1. The number of nitrogens with one attached hydrogen (secondary N) is 1. The van der Waals surface area contributed by atoms with Gasteiger partial charge in [0.2, 0.25) is 0 Å². The highest BCUT2D eigenvalue weighted by Gasteiger charge is 2.40. The first-order valence-electron chi connectivity index (χ1n) is 10.7. The molecule has 1 fully saturated rings. The summed E-state index contributed by atoms with van der Waals surface area (Å²) < 4.78 is 2.37. The Kier molecular flexibility index (Phi) is 5.65. The fourth-order valence-corrected chi connectivity index (χ4v) is 5.12. The molecule has 1 aliphatic heterocycles. The van der Waals surface area contributed by atoms with E-state index in [1.165, 1.54) is 33.8 Å². The van der Waals surface area contributed by atoms with Gasteiger partial charge in [0.05, 0.1) is 17.8 Å².